The second kappa shape index (κ2) is 7.67. The van der Waals surface area contributed by atoms with E-state index in [2.05, 4.69) is 17.4 Å². The third-order valence-electron chi connectivity index (χ3n) is 2.78. The largest absolute Gasteiger partial charge is 0.348 e. The predicted octanol–water partition coefficient (Wildman–Crippen LogP) is 2.16. The van der Waals surface area contributed by atoms with Crippen molar-refractivity contribution in [2.24, 2.45) is 5.73 Å². The zero-order valence-electron chi connectivity index (χ0n) is 11.2. The van der Waals surface area contributed by atoms with Gasteiger partial charge in [-0.3, -0.25) is 4.79 Å². The van der Waals surface area contributed by atoms with Gasteiger partial charge < -0.3 is 11.1 Å². The van der Waals surface area contributed by atoms with E-state index in [9.17, 15) is 4.79 Å². The monoisotopic (exact) mass is 246 g/mol. The molecule has 0 saturated carbocycles. The van der Waals surface area contributed by atoms with Crippen molar-refractivity contribution in [2.75, 3.05) is 6.54 Å². The van der Waals surface area contributed by atoms with Gasteiger partial charge >= 0.3 is 0 Å². The number of amides is 1. The molecule has 0 radical (unpaired) electrons. The van der Waals surface area contributed by atoms with Crippen LogP contribution in [0.15, 0.2) is 35.9 Å². The first kappa shape index (κ1) is 14.5. The molecule has 18 heavy (non-hydrogen) atoms. The summed E-state index contributed by atoms with van der Waals surface area (Å²) in [6.45, 7) is 5.09. The van der Waals surface area contributed by atoms with Gasteiger partial charge in [-0.1, -0.05) is 37.3 Å². The van der Waals surface area contributed by atoms with Gasteiger partial charge in [0.25, 0.3) is 0 Å². The number of carbonyl (C=O) groups is 1. The molecule has 3 nitrogen and oxygen atoms in total. The topological polar surface area (TPSA) is 55.1 Å². The van der Waals surface area contributed by atoms with Gasteiger partial charge in [-0.15, -0.1) is 0 Å². The lowest BCUT2D eigenvalue weighted by Crippen LogP contribution is -2.23. The van der Waals surface area contributed by atoms with Crippen molar-refractivity contribution >= 4 is 5.91 Å². The lowest BCUT2D eigenvalue weighted by Gasteiger charge is -2.06. The Hall–Kier alpha value is -1.61. The fourth-order valence-electron chi connectivity index (χ4n) is 1.71. The van der Waals surface area contributed by atoms with Gasteiger partial charge in [0, 0.05) is 12.1 Å². The van der Waals surface area contributed by atoms with Crippen LogP contribution in [-0.4, -0.2) is 12.5 Å². The SMILES string of the molecule is CCC=C(C)C(=O)NCc1ccc(CCN)cc1. The first-order valence-corrected chi connectivity index (χ1v) is 6.40. The second-order valence-electron chi connectivity index (χ2n) is 4.33. The van der Waals surface area contributed by atoms with Crippen molar-refractivity contribution in [3.63, 3.8) is 0 Å². The number of hydrogen-bond donors (Lipinski definition) is 2. The molecule has 1 aromatic rings. The summed E-state index contributed by atoms with van der Waals surface area (Å²) in [7, 11) is 0. The molecule has 1 aromatic carbocycles. The Balaban J connectivity index is 2.48. The molecule has 0 aliphatic carbocycles. The number of rotatable bonds is 6. The molecule has 0 aliphatic heterocycles. The van der Waals surface area contributed by atoms with E-state index in [1.54, 1.807) is 0 Å². The average Bonchev–Trinajstić information content (AvgIpc) is 2.38. The fourth-order valence-corrected chi connectivity index (χ4v) is 1.71. The summed E-state index contributed by atoms with van der Waals surface area (Å²) in [6, 6.07) is 8.18. The highest BCUT2D eigenvalue weighted by atomic mass is 16.1. The Kier molecular flexibility index (Phi) is 6.15. The van der Waals surface area contributed by atoms with Gasteiger partial charge in [0.1, 0.15) is 0 Å². The minimum Gasteiger partial charge on any atom is -0.348 e. The molecule has 98 valence electrons. The van der Waals surface area contributed by atoms with Crippen molar-refractivity contribution < 1.29 is 4.79 Å². The third-order valence-corrected chi connectivity index (χ3v) is 2.78. The Bertz CT molecular complexity index is 407. The van der Waals surface area contributed by atoms with E-state index in [1.807, 2.05) is 32.1 Å². The summed E-state index contributed by atoms with van der Waals surface area (Å²) in [4.78, 5) is 11.7. The maximum absolute atomic E-state index is 11.7. The number of hydrogen-bond acceptors (Lipinski definition) is 2. The molecule has 3 N–H and O–H groups in total. The van der Waals surface area contributed by atoms with E-state index in [4.69, 9.17) is 5.73 Å². The number of allylic oxidation sites excluding steroid dienone is 1. The van der Waals surface area contributed by atoms with Crippen molar-refractivity contribution in [2.45, 2.75) is 33.2 Å². The van der Waals surface area contributed by atoms with Gasteiger partial charge in [0.15, 0.2) is 0 Å². The molecule has 0 unspecified atom stereocenters. The van der Waals surface area contributed by atoms with E-state index in [-0.39, 0.29) is 5.91 Å². The number of nitrogens with one attached hydrogen (secondary N) is 1. The highest BCUT2D eigenvalue weighted by Gasteiger charge is 2.02. The molecule has 1 amide bonds. The summed E-state index contributed by atoms with van der Waals surface area (Å²) in [5, 5.41) is 2.90. The predicted molar refractivity (Wildman–Crippen MR) is 75.1 cm³/mol. The Morgan fingerprint density at radius 1 is 1.28 bits per heavy atom. The summed E-state index contributed by atoms with van der Waals surface area (Å²) in [5.74, 6) is 0.00267. The van der Waals surface area contributed by atoms with Crippen LogP contribution in [-0.2, 0) is 17.8 Å². The van der Waals surface area contributed by atoms with Crippen molar-refractivity contribution in [1.82, 2.24) is 5.32 Å². The van der Waals surface area contributed by atoms with Gasteiger partial charge in [-0.05, 0) is 37.4 Å². The molecule has 3 heteroatoms. The van der Waals surface area contributed by atoms with Crippen LogP contribution in [0.1, 0.15) is 31.4 Å². The van der Waals surface area contributed by atoms with Gasteiger partial charge in [0.2, 0.25) is 5.91 Å². The zero-order chi connectivity index (χ0) is 13.4. The second-order valence-corrected chi connectivity index (χ2v) is 4.33. The van der Waals surface area contributed by atoms with Crippen molar-refractivity contribution in [3.8, 4) is 0 Å². The van der Waals surface area contributed by atoms with Crippen LogP contribution in [0.4, 0.5) is 0 Å². The van der Waals surface area contributed by atoms with E-state index in [0.29, 0.717) is 13.1 Å². The molecule has 0 spiro atoms. The van der Waals surface area contributed by atoms with Crippen LogP contribution < -0.4 is 11.1 Å². The van der Waals surface area contributed by atoms with E-state index >= 15 is 0 Å². The maximum atomic E-state index is 11.7. The lowest BCUT2D eigenvalue weighted by molar-refractivity contribution is -0.117. The fraction of sp³-hybridized carbons (Fsp3) is 0.400. The average molecular weight is 246 g/mol. The summed E-state index contributed by atoms with van der Waals surface area (Å²) >= 11 is 0. The van der Waals surface area contributed by atoms with Crippen LogP contribution in [0.2, 0.25) is 0 Å². The van der Waals surface area contributed by atoms with E-state index in [1.165, 1.54) is 5.56 Å². The zero-order valence-corrected chi connectivity index (χ0v) is 11.2. The van der Waals surface area contributed by atoms with Gasteiger partial charge in [-0.2, -0.15) is 0 Å². The van der Waals surface area contributed by atoms with E-state index in [0.717, 1.165) is 24.0 Å². The van der Waals surface area contributed by atoms with Gasteiger partial charge in [-0.25, -0.2) is 0 Å². The third kappa shape index (κ3) is 4.72. The smallest absolute Gasteiger partial charge is 0.246 e. The molecule has 0 bridgehead atoms. The van der Waals surface area contributed by atoms with Crippen molar-refractivity contribution in [1.29, 1.82) is 0 Å². The summed E-state index contributed by atoms with van der Waals surface area (Å²) < 4.78 is 0. The van der Waals surface area contributed by atoms with Crippen LogP contribution in [0.5, 0.6) is 0 Å². The molecular weight excluding hydrogens is 224 g/mol. The minimum atomic E-state index is 0.00267. The first-order valence-electron chi connectivity index (χ1n) is 6.40. The highest BCUT2D eigenvalue weighted by molar-refractivity contribution is 5.92. The standard InChI is InChI=1S/C15H22N2O/c1-3-4-12(2)15(18)17-11-14-7-5-13(6-8-14)9-10-16/h4-8H,3,9-11,16H2,1-2H3,(H,17,18). The molecule has 0 heterocycles. The highest BCUT2D eigenvalue weighted by Crippen LogP contribution is 2.05. The van der Waals surface area contributed by atoms with Crippen LogP contribution in [0.25, 0.3) is 0 Å². The molecule has 0 fully saturated rings. The van der Waals surface area contributed by atoms with Crippen molar-refractivity contribution in [3.05, 3.63) is 47.0 Å². The van der Waals surface area contributed by atoms with E-state index < -0.39 is 0 Å². The molecular formula is C15H22N2O. The lowest BCUT2D eigenvalue weighted by atomic mass is 10.1. The van der Waals surface area contributed by atoms with Crippen LogP contribution in [0.3, 0.4) is 0 Å². The van der Waals surface area contributed by atoms with Gasteiger partial charge in [0.05, 0.1) is 0 Å². The summed E-state index contributed by atoms with van der Waals surface area (Å²) in [6.07, 6.45) is 3.71. The molecule has 0 aliphatic rings. The summed E-state index contributed by atoms with van der Waals surface area (Å²) in [5.41, 5.74) is 8.61. The number of carbonyl (C=O) groups excluding carboxylic acids is 1. The van der Waals surface area contributed by atoms with Crippen LogP contribution in [0, 0.1) is 0 Å². The normalized spacial score (nSPS) is 11.4. The molecule has 0 saturated heterocycles. The first-order chi connectivity index (χ1) is 8.67. The minimum absolute atomic E-state index is 0.00267. The Morgan fingerprint density at radius 3 is 2.44 bits per heavy atom. The molecule has 1 rings (SSSR count). The molecule has 0 atom stereocenters. The quantitative estimate of drug-likeness (QED) is 0.756. The Labute approximate surface area is 109 Å². The number of benzene rings is 1. The van der Waals surface area contributed by atoms with Crippen LogP contribution >= 0.6 is 0 Å². The Morgan fingerprint density at radius 2 is 1.89 bits per heavy atom. The maximum Gasteiger partial charge on any atom is 0.246 e. The number of nitrogens with two attached hydrogens (primary N) is 1. The molecule has 0 aromatic heterocycles.